The minimum absolute atomic E-state index is 0.0905. The van der Waals surface area contributed by atoms with E-state index < -0.39 is 0 Å². The number of carbonyl (C=O) groups excluding carboxylic acids is 1. The number of carbonyl (C=O) groups is 1. The Morgan fingerprint density at radius 1 is 1.40 bits per heavy atom. The van der Waals surface area contributed by atoms with Gasteiger partial charge < -0.3 is 19.9 Å². The van der Waals surface area contributed by atoms with Crippen molar-refractivity contribution in [2.24, 2.45) is 0 Å². The van der Waals surface area contributed by atoms with Crippen LogP contribution in [0.15, 0.2) is 36.8 Å². The number of aromatic amines is 1. The molecule has 0 bridgehead atoms. The highest BCUT2D eigenvalue weighted by Crippen LogP contribution is 2.26. The summed E-state index contributed by atoms with van der Waals surface area (Å²) in [6.07, 6.45) is 5.08. The number of imidazole rings is 1. The molecular formula is C18H23FN4O2. The maximum absolute atomic E-state index is 13.0. The average molecular weight is 346 g/mol. The van der Waals surface area contributed by atoms with Crippen LogP contribution in [0.3, 0.4) is 0 Å². The van der Waals surface area contributed by atoms with Gasteiger partial charge >= 0.3 is 6.03 Å². The Bertz CT molecular complexity index is 667. The molecule has 7 heteroatoms. The van der Waals surface area contributed by atoms with E-state index in [1.807, 2.05) is 11.1 Å². The van der Waals surface area contributed by atoms with Gasteiger partial charge in [-0.05, 0) is 30.5 Å². The molecule has 1 saturated heterocycles. The summed E-state index contributed by atoms with van der Waals surface area (Å²) in [5.41, 5.74) is 1.97. The lowest BCUT2D eigenvalue weighted by Crippen LogP contribution is -2.45. The normalized spacial score (nSPS) is 16.6. The number of ether oxygens (including phenoxy) is 1. The Morgan fingerprint density at radius 3 is 2.72 bits per heavy atom. The van der Waals surface area contributed by atoms with Crippen molar-refractivity contribution in [1.82, 2.24) is 20.2 Å². The number of urea groups is 1. The van der Waals surface area contributed by atoms with Crippen molar-refractivity contribution >= 4 is 6.03 Å². The molecule has 134 valence electrons. The zero-order valence-corrected chi connectivity index (χ0v) is 14.2. The Labute approximate surface area is 146 Å². The van der Waals surface area contributed by atoms with Crippen molar-refractivity contribution in [3.63, 3.8) is 0 Å². The number of likely N-dealkylation sites (tertiary alicyclic amines) is 1. The highest BCUT2D eigenvalue weighted by molar-refractivity contribution is 5.74. The summed E-state index contributed by atoms with van der Waals surface area (Å²) < 4.78 is 18.4. The van der Waals surface area contributed by atoms with E-state index in [1.54, 1.807) is 25.6 Å². The van der Waals surface area contributed by atoms with Gasteiger partial charge in [0.05, 0.1) is 12.4 Å². The molecule has 0 spiro atoms. The quantitative estimate of drug-likeness (QED) is 0.875. The number of piperidine rings is 1. The molecule has 25 heavy (non-hydrogen) atoms. The monoisotopic (exact) mass is 346 g/mol. The fourth-order valence-corrected chi connectivity index (χ4v) is 3.19. The first-order chi connectivity index (χ1) is 12.2. The van der Waals surface area contributed by atoms with Crippen LogP contribution in [-0.4, -0.2) is 47.6 Å². The number of hydrogen-bond donors (Lipinski definition) is 2. The van der Waals surface area contributed by atoms with Gasteiger partial charge in [-0.2, -0.15) is 0 Å². The molecule has 1 aliphatic rings. The van der Waals surface area contributed by atoms with Crippen LogP contribution in [0.2, 0.25) is 0 Å². The lowest BCUT2D eigenvalue weighted by Gasteiger charge is -2.32. The summed E-state index contributed by atoms with van der Waals surface area (Å²) in [7, 11) is 1.58. The predicted molar refractivity (Wildman–Crippen MR) is 91.7 cm³/mol. The predicted octanol–water partition coefficient (Wildman–Crippen LogP) is 2.83. The Kier molecular flexibility index (Phi) is 5.65. The van der Waals surface area contributed by atoms with E-state index >= 15 is 0 Å². The molecule has 6 nitrogen and oxygen atoms in total. The zero-order valence-electron chi connectivity index (χ0n) is 14.2. The number of nitrogens with one attached hydrogen (secondary N) is 2. The van der Waals surface area contributed by atoms with Crippen molar-refractivity contribution in [2.75, 3.05) is 26.7 Å². The Balaban J connectivity index is 1.48. The second kappa shape index (κ2) is 8.11. The Morgan fingerprint density at radius 2 is 2.12 bits per heavy atom. The van der Waals surface area contributed by atoms with Crippen LogP contribution in [0, 0.1) is 5.82 Å². The molecule has 3 rings (SSSR count). The lowest BCUT2D eigenvalue weighted by atomic mass is 9.94. The standard InChI is InChI=1S/C18H23FN4O2/c1-25-17(14-2-4-15(19)5-3-14)11-21-18(24)23-8-6-13(7-9-23)16-10-20-12-22-16/h2-5,10,12-13,17H,6-9,11H2,1H3,(H,20,22)(H,21,24)/t17-/m1/s1. The summed E-state index contributed by atoms with van der Waals surface area (Å²) in [5.74, 6) is 0.139. The van der Waals surface area contributed by atoms with Crippen LogP contribution < -0.4 is 5.32 Å². The largest absolute Gasteiger partial charge is 0.375 e. The smallest absolute Gasteiger partial charge is 0.317 e. The van der Waals surface area contributed by atoms with Crippen LogP contribution in [0.5, 0.6) is 0 Å². The lowest BCUT2D eigenvalue weighted by molar-refractivity contribution is 0.100. The van der Waals surface area contributed by atoms with Crippen LogP contribution in [0.1, 0.15) is 36.1 Å². The number of halogens is 1. The van der Waals surface area contributed by atoms with E-state index in [4.69, 9.17) is 4.74 Å². The zero-order chi connectivity index (χ0) is 17.6. The number of nitrogens with zero attached hydrogens (tertiary/aromatic N) is 2. The SMILES string of the molecule is CO[C@H](CNC(=O)N1CCC(c2cnc[nH]2)CC1)c1ccc(F)cc1. The van der Waals surface area contributed by atoms with Crippen LogP contribution in [0.4, 0.5) is 9.18 Å². The van der Waals surface area contributed by atoms with E-state index in [1.165, 1.54) is 12.1 Å². The third-order valence-electron chi connectivity index (χ3n) is 4.71. The molecule has 0 radical (unpaired) electrons. The summed E-state index contributed by atoms with van der Waals surface area (Å²) in [5, 5.41) is 2.91. The number of methoxy groups -OCH3 is 1. The third-order valence-corrected chi connectivity index (χ3v) is 4.71. The van der Waals surface area contributed by atoms with Gasteiger partial charge in [0.1, 0.15) is 5.82 Å². The van der Waals surface area contributed by atoms with Crippen LogP contribution in [0.25, 0.3) is 0 Å². The molecule has 2 heterocycles. The minimum atomic E-state index is -0.299. The number of rotatable bonds is 5. The molecule has 0 aliphatic carbocycles. The minimum Gasteiger partial charge on any atom is -0.375 e. The molecule has 1 aromatic carbocycles. The van der Waals surface area contributed by atoms with Gasteiger partial charge in [-0.3, -0.25) is 0 Å². The van der Waals surface area contributed by atoms with Crippen LogP contribution in [-0.2, 0) is 4.74 Å². The number of hydrogen-bond acceptors (Lipinski definition) is 3. The molecule has 0 unspecified atom stereocenters. The van der Waals surface area contributed by atoms with Gasteiger partial charge in [0.25, 0.3) is 0 Å². The van der Waals surface area contributed by atoms with Gasteiger partial charge in [0.2, 0.25) is 0 Å². The first-order valence-electron chi connectivity index (χ1n) is 8.46. The van der Waals surface area contributed by atoms with Crippen molar-refractivity contribution < 1.29 is 13.9 Å². The maximum Gasteiger partial charge on any atom is 0.317 e. The number of aromatic nitrogens is 2. The molecule has 1 fully saturated rings. The first kappa shape index (κ1) is 17.4. The van der Waals surface area contributed by atoms with Crippen molar-refractivity contribution in [1.29, 1.82) is 0 Å². The van der Waals surface area contributed by atoms with Crippen molar-refractivity contribution in [3.05, 3.63) is 53.9 Å². The summed E-state index contributed by atoms with van der Waals surface area (Å²) in [6, 6.07) is 6.04. The van der Waals surface area contributed by atoms with Crippen molar-refractivity contribution in [3.8, 4) is 0 Å². The summed E-state index contributed by atoms with van der Waals surface area (Å²) in [4.78, 5) is 21.4. The highest BCUT2D eigenvalue weighted by atomic mass is 19.1. The molecule has 0 saturated carbocycles. The van der Waals surface area contributed by atoms with Crippen LogP contribution >= 0.6 is 0 Å². The van der Waals surface area contributed by atoms with Crippen molar-refractivity contribution in [2.45, 2.75) is 24.9 Å². The molecule has 2 N–H and O–H groups in total. The number of H-pyrrole nitrogens is 1. The molecule has 2 aromatic rings. The second-order valence-corrected chi connectivity index (χ2v) is 6.23. The fourth-order valence-electron chi connectivity index (χ4n) is 3.19. The number of amides is 2. The van der Waals surface area contributed by atoms with E-state index in [0.717, 1.165) is 24.1 Å². The van der Waals surface area contributed by atoms with Gasteiger partial charge in [-0.15, -0.1) is 0 Å². The van der Waals surface area contributed by atoms with E-state index in [2.05, 4.69) is 15.3 Å². The first-order valence-corrected chi connectivity index (χ1v) is 8.46. The fraction of sp³-hybridized carbons (Fsp3) is 0.444. The van der Waals surface area contributed by atoms with Gasteiger partial charge in [0, 0.05) is 44.6 Å². The Hall–Kier alpha value is -2.41. The summed E-state index contributed by atoms with van der Waals surface area (Å²) >= 11 is 0. The topological polar surface area (TPSA) is 70.2 Å². The molecule has 2 amide bonds. The summed E-state index contributed by atoms with van der Waals surface area (Å²) in [6.45, 7) is 1.77. The van der Waals surface area contributed by atoms with E-state index in [9.17, 15) is 9.18 Å². The average Bonchev–Trinajstić information content (AvgIpc) is 3.18. The molecular weight excluding hydrogens is 323 g/mol. The highest BCUT2D eigenvalue weighted by Gasteiger charge is 2.25. The maximum atomic E-state index is 13.0. The molecule has 1 aromatic heterocycles. The second-order valence-electron chi connectivity index (χ2n) is 6.23. The van der Waals surface area contributed by atoms with Gasteiger partial charge in [0.15, 0.2) is 0 Å². The number of benzene rings is 1. The van der Waals surface area contributed by atoms with Gasteiger partial charge in [-0.25, -0.2) is 14.2 Å². The third kappa shape index (κ3) is 4.36. The van der Waals surface area contributed by atoms with Gasteiger partial charge in [-0.1, -0.05) is 12.1 Å². The molecule has 1 atom stereocenters. The molecule has 1 aliphatic heterocycles. The van der Waals surface area contributed by atoms with E-state index in [0.29, 0.717) is 25.6 Å². The van der Waals surface area contributed by atoms with E-state index in [-0.39, 0.29) is 18.0 Å².